The van der Waals surface area contributed by atoms with Crippen LogP contribution < -0.4 is 9.80 Å². The van der Waals surface area contributed by atoms with Gasteiger partial charge >= 0.3 is 0 Å². The maximum Gasteiger partial charge on any atom is 0.0782 e. The Morgan fingerprint density at radius 3 is 1.09 bits per heavy atom. The first-order valence-electron chi connectivity index (χ1n) is 39.5. The van der Waals surface area contributed by atoms with Crippen molar-refractivity contribution in [1.82, 2.24) is 18.7 Å². The van der Waals surface area contributed by atoms with E-state index in [0.29, 0.717) is 0 Å². The van der Waals surface area contributed by atoms with Crippen LogP contribution in [0.5, 0.6) is 0 Å². The van der Waals surface area contributed by atoms with Gasteiger partial charge in [0.1, 0.15) is 0 Å². The monoisotopic (exact) mass is 1590 g/mol. The predicted octanol–water partition coefficient (Wildman–Crippen LogP) is 31.8. The van der Waals surface area contributed by atoms with E-state index in [4.69, 9.17) is 0 Å². The van der Waals surface area contributed by atoms with Crippen molar-refractivity contribution >= 4 is 200 Å². The molecule has 0 fully saturated rings. The summed E-state index contributed by atoms with van der Waals surface area (Å²) in [4.78, 5) is 8.57. The normalized spacial score (nSPS) is 11.6. The van der Waals surface area contributed by atoms with Gasteiger partial charge in [0, 0.05) is 133 Å². The zero-order chi connectivity index (χ0) is 77.4. The van der Waals surface area contributed by atoms with Crippen LogP contribution in [0.15, 0.2) is 429 Å². The van der Waals surface area contributed by atoms with Gasteiger partial charge in [0.15, 0.2) is 0 Å². The Morgan fingerprint density at radius 2 is 0.590 bits per heavy atom. The number of anilines is 6. The fourth-order valence-corrected chi connectivity index (χ4v) is 20.2. The molecule has 0 unspecified atom stereocenters. The third kappa shape index (κ3) is 12.2. The van der Waals surface area contributed by atoms with Crippen LogP contribution >= 0.6 is 38.6 Å². The SMILES string of the molecule is Brc1ccc2sc3ccccc3c2c1.c1ccc(N(c2ccccc2)c2cc(-c3ccc4c5ccccc5n(-c5ccccc5)c4c3)cc3c2[nH]c2ccccc23)cc1.c1ccc(N(c2ccccc2)c2cc(-c3ccc4c5ccccc5n(-c5ccccc5)c4c3)cc3c4ccccc4n(-c4ccc5sc6ccccc6c5c4)c23)cc1. The van der Waals surface area contributed by atoms with Crippen molar-refractivity contribution < 1.29 is 0 Å². The molecule has 18 aromatic carbocycles. The quantitative estimate of drug-likeness (QED) is 0.140. The Bertz CT molecular complexity index is 7820. The molecule has 0 spiro atoms. The number of halogens is 1. The van der Waals surface area contributed by atoms with E-state index in [9.17, 15) is 0 Å². The van der Waals surface area contributed by atoms with Gasteiger partial charge in [-0.15, -0.1) is 22.7 Å². The van der Waals surface area contributed by atoms with Gasteiger partial charge < -0.3 is 28.5 Å². The van der Waals surface area contributed by atoms with Crippen molar-refractivity contribution in [2.24, 2.45) is 0 Å². The lowest BCUT2D eigenvalue weighted by molar-refractivity contribution is 1.17. The number of benzene rings is 18. The van der Waals surface area contributed by atoms with Gasteiger partial charge in [0.25, 0.3) is 0 Å². The van der Waals surface area contributed by atoms with E-state index in [2.05, 4.69) is 469 Å². The topological polar surface area (TPSA) is 37.1 Å². The number of para-hydroxylation sites is 10. The molecule has 0 aliphatic rings. The highest BCUT2D eigenvalue weighted by molar-refractivity contribution is 9.10. The number of fused-ring (bicyclic) bond motifs is 18. The first-order valence-corrected chi connectivity index (χ1v) is 42.0. The minimum Gasteiger partial charge on any atom is -0.353 e. The summed E-state index contributed by atoms with van der Waals surface area (Å²) in [6, 6.07) is 153. The number of rotatable bonds is 11. The summed E-state index contributed by atoms with van der Waals surface area (Å²) in [6.07, 6.45) is 0. The van der Waals surface area contributed by atoms with E-state index in [0.717, 1.165) is 77.8 Å². The molecule has 0 bridgehead atoms. The zero-order valence-electron chi connectivity index (χ0n) is 63.3. The molecule has 9 heteroatoms. The van der Waals surface area contributed by atoms with Crippen LogP contribution in [-0.2, 0) is 0 Å². The molecule has 6 aromatic heterocycles. The number of nitrogens with zero attached hydrogens (tertiary/aromatic N) is 5. The average molecular weight is 1600 g/mol. The van der Waals surface area contributed by atoms with E-state index in [1.54, 1.807) is 0 Å². The smallest absolute Gasteiger partial charge is 0.0782 e. The minimum atomic E-state index is 1.10. The summed E-state index contributed by atoms with van der Waals surface area (Å²) in [5, 5.41) is 15.1. The average Bonchev–Trinajstić information content (AvgIpc) is 1.55. The number of hydrogen-bond acceptors (Lipinski definition) is 4. The summed E-state index contributed by atoms with van der Waals surface area (Å²) in [5.74, 6) is 0. The molecule has 1 N–H and O–H groups in total. The molecule has 6 heterocycles. The Hall–Kier alpha value is -14.3. The molecular formula is C108H71BrN6S2. The lowest BCUT2D eigenvalue weighted by atomic mass is 9.99. The van der Waals surface area contributed by atoms with Crippen LogP contribution in [0.1, 0.15) is 0 Å². The Morgan fingerprint density at radius 1 is 0.222 bits per heavy atom. The second-order valence-electron chi connectivity index (χ2n) is 29.7. The molecule has 0 aliphatic heterocycles. The molecule has 0 saturated carbocycles. The molecule has 24 rings (SSSR count). The van der Waals surface area contributed by atoms with E-state index in [1.165, 1.54) is 128 Å². The second kappa shape index (κ2) is 29.3. The number of nitrogens with one attached hydrogen (secondary N) is 1. The number of thiophene rings is 2. The van der Waals surface area contributed by atoms with Crippen LogP contribution in [-0.4, -0.2) is 18.7 Å². The molecule has 0 amide bonds. The maximum atomic E-state index is 3.78. The van der Waals surface area contributed by atoms with Crippen LogP contribution in [0.25, 0.3) is 167 Å². The number of aromatic nitrogens is 4. The van der Waals surface area contributed by atoms with Crippen LogP contribution in [0.2, 0.25) is 0 Å². The van der Waals surface area contributed by atoms with Crippen molar-refractivity contribution in [3.05, 3.63) is 429 Å². The fraction of sp³-hybridized carbons (Fsp3) is 0. The Kier molecular flexibility index (Phi) is 17.4. The standard InChI is InChI=1S/C54H35N3S.C42H29N3.C12H7BrS/c1-4-16-38(17-5-1)55(39-18-6-2-7-19-39)51-34-37(36-28-30-44-42-22-10-13-25-48(42)56(50(44)33-36)40-20-8-3-9-21-40)32-47-43-23-11-14-26-49(43)57(54(47)51)41-29-31-53-46(35-41)45-24-12-15-27-52(45)58-53;1-4-14-31(15-5-1)44(32-16-6-2-7-17-32)41-28-30(26-37-34-20-10-12-22-38(34)43-42(37)41)29-24-25-36-35-21-11-13-23-39(35)45(40(36)27-29)33-18-8-3-9-19-33;13-8-5-6-12-10(7-8)9-3-1-2-4-11(9)14-12/h1-35H;1-28,43H;1-7H. The molecule has 117 heavy (non-hydrogen) atoms. The van der Waals surface area contributed by atoms with Gasteiger partial charge in [-0.3, -0.25) is 0 Å². The molecule has 24 aromatic rings. The third-order valence-electron chi connectivity index (χ3n) is 22.9. The van der Waals surface area contributed by atoms with Gasteiger partial charge in [0.05, 0.1) is 50.0 Å². The van der Waals surface area contributed by atoms with E-state index >= 15 is 0 Å². The number of H-pyrrole nitrogens is 1. The van der Waals surface area contributed by atoms with Gasteiger partial charge in [-0.25, -0.2) is 0 Å². The molecule has 0 atom stereocenters. The molecule has 552 valence electrons. The van der Waals surface area contributed by atoms with Crippen molar-refractivity contribution in [2.45, 2.75) is 0 Å². The van der Waals surface area contributed by atoms with Gasteiger partial charge in [-0.2, -0.15) is 0 Å². The molecule has 0 aliphatic carbocycles. The Labute approximate surface area is 691 Å². The van der Waals surface area contributed by atoms with Gasteiger partial charge in [0.2, 0.25) is 0 Å². The highest BCUT2D eigenvalue weighted by Crippen LogP contribution is 2.50. The highest BCUT2D eigenvalue weighted by atomic mass is 79.9. The summed E-state index contributed by atoms with van der Waals surface area (Å²) < 4.78 is 13.8. The lowest BCUT2D eigenvalue weighted by Gasteiger charge is -2.28. The van der Waals surface area contributed by atoms with E-state index < -0.39 is 0 Å². The minimum absolute atomic E-state index is 1.10. The number of hydrogen-bond donors (Lipinski definition) is 1. The predicted molar refractivity (Wildman–Crippen MR) is 505 cm³/mol. The van der Waals surface area contributed by atoms with E-state index in [-0.39, 0.29) is 0 Å². The number of aromatic amines is 1. The molecular weight excluding hydrogens is 1530 g/mol. The summed E-state index contributed by atoms with van der Waals surface area (Å²) in [6.45, 7) is 0. The highest BCUT2D eigenvalue weighted by Gasteiger charge is 2.26. The maximum absolute atomic E-state index is 3.78. The van der Waals surface area contributed by atoms with Crippen molar-refractivity contribution in [3.63, 3.8) is 0 Å². The van der Waals surface area contributed by atoms with Crippen molar-refractivity contribution in [1.29, 1.82) is 0 Å². The summed E-state index contributed by atoms with van der Waals surface area (Å²) in [5.41, 5.74) is 24.2. The van der Waals surface area contributed by atoms with Crippen LogP contribution in [0.4, 0.5) is 34.1 Å². The second-order valence-corrected chi connectivity index (χ2v) is 32.8. The van der Waals surface area contributed by atoms with E-state index in [1.807, 2.05) is 22.7 Å². The molecule has 0 saturated heterocycles. The van der Waals surface area contributed by atoms with Crippen molar-refractivity contribution in [3.8, 4) is 39.3 Å². The fourth-order valence-electron chi connectivity index (χ4n) is 17.7. The van der Waals surface area contributed by atoms with Crippen molar-refractivity contribution in [2.75, 3.05) is 9.80 Å². The first-order chi connectivity index (χ1) is 58.0. The molecule has 6 nitrogen and oxygen atoms in total. The molecule has 0 radical (unpaired) electrons. The van der Waals surface area contributed by atoms with Gasteiger partial charge in [-0.1, -0.05) is 259 Å². The first kappa shape index (κ1) is 69.4. The van der Waals surface area contributed by atoms with Gasteiger partial charge in [-0.05, 0) is 204 Å². The third-order valence-corrected chi connectivity index (χ3v) is 25.7. The largest absolute Gasteiger partial charge is 0.353 e. The lowest BCUT2D eigenvalue weighted by Crippen LogP contribution is -2.11. The summed E-state index contributed by atoms with van der Waals surface area (Å²) in [7, 11) is 0. The van der Waals surface area contributed by atoms with Crippen LogP contribution in [0.3, 0.4) is 0 Å². The Balaban J connectivity index is 0.000000124. The zero-order valence-corrected chi connectivity index (χ0v) is 66.6. The summed E-state index contributed by atoms with van der Waals surface area (Å²) >= 11 is 7.22. The van der Waals surface area contributed by atoms with Crippen LogP contribution in [0, 0.1) is 0 Å².